The molecule has 1 N–H and O–H groups in total. The average Bonchev–Trinajstić information content (AvgIpc) is 2.29. The molecule has 0 bridgehead atoms. The van der Waals surface area contributed by atoms with E-state index >= 15 is 0 Å². The summed E-state index contributed by atoms with van der Waals surface area (Å²) in [4.78, 5) is 12.0. The second-order valence-corrected chi connectivity index (χ2v) is 4.42. The first-order chi connectivity index (χ1) is 6.70. The summed E-state index contributed by atoms with van der Waals surface area (Å²) in [5.74, 6) is 0.391. The minimum absolute atomic E-state index is 0.112. The van der Waals surface area contributed by atoms with Crippen molar-refractivity contribution in [3.63, 3.8) is 0 Å². The minimum atomic E-state index is 0.112. The maximum Gasteiger partial charge on any atom is 0.241 e. The molecule has 0 aliphatic carbocycles. The van der Waals surface area contributed by atoms with Crippen molar-refractivity contribution in [2.75, 3.05) is 19.8 Å². The maximum absolute atomic E-state index is 12.0. The lowest BCUT2D eigenvalue weighted by Gasteiger charge is -2.42. The molecule has 0 saturated carbocycles. The third kappa shape index (κ3) is 1.64. The maximum atomic E-state index is 12.0. The third-order valence-corrected chi connectivity index (χ3v) is 3.15. The molecule has 0 unspecified atom stereocenters. The summed E-state index contributed by atoms with van der Waals surface area (Å²) >= 11 is 0. The van der Waals surface area contributed by atoms with E-state index < -0.39 is 0 Å². The van der Waals surface area contributed by atoms with E-state index in [0.717, 1.165) is 26.2 Å². The van der Waals surface area contributed by atoms with Crippen LogP contribution in [0.1, 0.15) is 26.7 Å². The van der Waals surface area contributed by atoms with Gasteiger partial charge in [0.15, 0.2) is 0 Å². The largest absolute Gasteiger partial charge is 0.302 e. The molecule has 4 nitrogen and oxygen atoms in total. The van der Waals surface area contributed by atoms with E-state index in [-0.39, 0.29) is 11.8 Å². The van der Waals surface area contributed by atoms with Crippen LogP contribution in [0.25, 0.3) is 0 Å². The number of hydrogen-bond acceptors (Lipinski definition) is 3. The fourth-order valence-electron chi connectivity index (χ4n) is 2.31. The highest BCUT2D eigenvalue weighted by atomic mass is 16.2. The van der Waals surface area contributed by atoms with Crippen molar-refractivity contribution in [3.05, 3.63) is 0 Å². The molecule has 2 atom stereocenters. The summed E-state index contributed by atoms with van der Waals surface area (Å²) in [6, 6.07) is 0.374. The highest BCUT2D eigenvalue weighted by Crippen LogP contribution is 2.21. The fourth-order valence-corrected chi connectivity index (χ4v) is 2.31. The number of nitrogens with zero attached hydrogens (tertiary/aromatic N) is 2. The number of fused-ring (bicyclic) bond motifs is 1. The summed E-state index contributed by atoms with van der Waals surface area (Å²) in [7, 11) is 0. The van der Waals surface area contributed by atoms with Gasteiger partial charge in [0.1, 0.15) is 0 Å². The van der Waals surface area contributed by atoms with E-state index in [9.17, 15) is 4.79 Å². The summed E-state index contributed by atoms with van der Waals surface area (Å²) in [6.07, 6.45) is 2.33. The highest BCUT2D eigenvalue weighted by Gasteiger charge is 2.34. The Morgan fingerprint density at radius 2 is 2.21 bits per heavy atom. The van der Waals surface area contributed by atoms with Crippen LogP contribution in [0.3, 0.4) is 0 Å². The topological polar surface area (TPSA) is 35.6 Å². The van der Waals surface area contributed by atoms with E-state index in [1.807, 2.05) is 11.9 Å². The Hall–Kier alpha value is -0.610. The zero-order chi connectivity index (χ0) is 10.1. The van der Waals surface area contributed by atoms with Gasteiger partial charge in [0.2, 0.25) is 5.91 Å². The Morgan fingerprint density at radius 3 is 3.00 bits per heavy atom. The Labute approximate surface area is 85.2 Å². The van der Waals surface area contributed by atoms with Crippen LogP contribution in [0.5, 0.6) is 0 Å². The van der Waals surface area contributed by atoms with Gasteiger partial charge in [-0.2, -0.15) is 0 Å². The van der Waals surface area contributed by atoms with E-state index in [1.54, 1.807) is 0 Å². The van der Waals surface area contributed by atoms with Gasteiger partial charge in [0, 0.05) is 25.0 Å². The molecule has 2 aliphatic rings. The van der Waals surface area contributed by atoms with Crippen LogP contribution in [0, 0.1) is 5.92 Å². The monoisotopic (exact) mass is 197 g/mol. The van der Waals surface area contributed by atoms with Crippen LogP contribution in [-0.2, 0) is 4.79 Å². The number of amides is 1. The number of carbonyl (C=O) groups is 1. The molecule has 0 radical (unpaired) electrons. The van der Waals surface area contributed by atoms with Gasteiger partial charge in [-0.15, -0.1) is 0 Å². The molecule has 1 amide bonds. The summed E-state index contributed by atoms with van der Waals surface area (Å²) in [5.41, 5.74) is 0. The van der Waals surface area contributed by atoms with E-state index in [0.29, 0.717) is 6.04 Å². The molecule has 80 valence electrons. The van der Waals surface area contributed by atoms with Gasteiger partial charge in [-0.05, 0) is 19.8 Å². The van der Waals surface area contributed by atoms with Crippen LogP contribution in [0.4, 0.5) is 0 Å². The predicted molar refractivity (Wildman–Crippen MR) is 54.3 cm³/mol. The van der Waals surface area contributed by atoms with Crippen molar-refractivity contribution in [1.82, 2.24) is 15.3 Å². The van der Waals surface area contributed by atoms with Crippen molar-refractivity contribution < 1.29 is 4.79 Å². The van der Waals surface area contributed by atoms with Crippen molar-refractivity contribution in [2.45, 2.75) is 32.7 Å². The van der Waals surface area contributed by atoms with Crippen LogP contribution < -0.4 is 5.32 Å². The Balaban J connectivity index is 2.18. The first-order valence-electron chi connectivity index (χ1n) is 5.49. The van der Waals surface area contributed by atoms with Crippen molar-refractivity contribution in [2.24, 2.45) is 5.92 Å². The lowest BCUT2D eigenvalue weighted by molar-refractivity contribution is -0.161. The average molecular weight is 197 g/mol. The zero-order valence-corrected chi connectivity index (χ0v) is 8.99. The molecule has 0 aromatic carbocycles. The highest BCUT2D eigenvalue weighted by molar-refractivity contribution is 5.78. The molecular weight excluding hydrogens is 178 g/mol. The third-order valence-electron chi connectivity index (χ3n) is 3.15. The minimum Gasteiger partial charge on any atom is -0.302 e. The predicted octanol–water partition coefficient (Wildman–Crippen LogP) is 0.411. The van der Waals surface area contributed by atoms with E-state index in [4.69, 9.17) is 0 Å². The molecule has 0 aromatic rings. The first-order valence-corrected chi connectivity index (χ1v) is 5.49. The zero-order valence-electron chi connectivity index (χ0n) is 8.99. The summed E-state index contributed by atoms with van der Waals surface area (Å²) in [6.45, 7) is 6.77. The number of carbonyl (C=O) groups excluding carboxylic acids is 1. The molecule has 4 heteroatoms. The lowest BCUT2D eigenvalue weighted by atomic mass is 10.1. The Kier molecular flexibility index (Phi) is 2.74. The first kappa shape index (κ1) is 9.93. The molecule has 14 heavy (non-hydrogen) atoms. The van der Waals surface area contributed by atoms with Gasteiger partial charge in [0.05, 0.1) is 6.67 Å². The quantitative estimate of drug-likeness (QED) is 0.611. The van der Waals surface area contributed by atoms with Crippen molar-refractivity contribution in [1.29, 1.82) is 0 Å². The second-order valence-electron chi connectivity index (χ2n) is 4.42. The van der Waals surface area contributed by atoms with Crippen LogP contribution in [-0.4, -0.2) is 41.7 Å². The smallest absolute Gasteiger partial charge is 0.241 e. The molecule has 2 aliphatic heterocycles. The number of hydrogen-bond donors (Lipinski definition) is 1. The van der Waals surface area contributed by atoms with Gasteiger partial charge in [-0.3, -0.25) is 9.80 Å². The number of hydrazine groups is 1. The number of nitrogens with one attached hydrogen (secondary N) is 1. The van der Waals surface area contributed by atoms with Crippen LogP contribution in [0.2, 0.25) is 0 Å². The van der Waals surface area contributed by atoms with E-state index in [1.165, 1.54) is 6.42 Å². The molecule has 2 fully saturated rings. The molecule has 2 heterocycles. The van der Waals surface area contributed by atoms with Gasteiger partial charge in [-0.1, -0.05) is 6.92 Å². The van der Waals surface area contributed by atoms with Crippen LogP contribution in [0.15, 0.2) is 0 Å². The SMILES string of the molecule is C[C@@H]1CCCN2CNC[C@H](C)C(=O)N12. The Bertz CT molecular complexity index is 231. The molecule has 0 spiro atoms. The second kappa shape index (κ2) is 3.87. The van der Waals surface area contributed by atoms with Gasteiger partial charge >= 0.3 is 0 Å². The molecule has 2 saturated heterocycles. The normalized spacial score (nSPS) is 35.3. The van der Waals surface area contributed by atoms with Gasteiger partial charge in [0.25, 0.3) is 0 Å². The van der Waals surface area contributed by atoms with Crippen molar-refractivity contribution in [3.8, 4) is 0 Å². The summed E-state index contributed by atoms with van der Waals surface area (Å²) < 4.78 is 0. The van der Waals surface area contributed by atoms with Crippen LogP contribution >= 0.6 is 0 Å². The van der Waals surface area contributed by atoms with Crippen molar-refractivity contribution >= 4 is 5.91 Å². The van der Waals surface area contributed by atoms with Gasteiger partial charge in [-0.25, -0.2) is 5.01 Å². The van der Waals surface area contributed by atoms with Gasteiger partial charge < -0.3 is 5.32 Å². The van der Waals surface area contributed by atoms with E-state index in [2.05, 4.69) is 17.2 Å². The fraction of sp³-hybridized carbons (Fsp3) is 0.900. The number of rotatable bonds is 0. The molecular formula is C10H19N3O. The molecule has 0 aromatic heterocycles. The standard InChI is InChI=1S/C10H19N3O/c1-8-6-11-7-12-5-3-4-9(2)13(12)10(8)14/h8-9,11H,3-7H2,1-2H3/t8-,9+/m0/s1. The lowest BCUT2D eigenvalue weighted by Crippen LogP contribution is -2.55. The Morgan fingerprint density at radius 1 is 1.43 bits per heavy atom. The molecule has 2 rings (SSSR count). The summed E-state index contributed by atoms with van der Waals surface area (Å²) in [5, 5.41) is 7.43.